The molecule has 8 unspecified atom stereocenters. The number of Topliss-reactive ketones (excluding diaryl/α,β-unsaturated/α-hetero) is 1. The van der Waals surface area contributed by atoms with Crippen LogP contribution >= 0.6 is 11.3 Å². The van der Waals surface area contributed by atoms with Gasteiger partial charge in [0.1, 0.15) is 5.75 Å². The van der Waals surface area contributed by atoms with E-state index in [4.69, 9.17) is 9.47 Å². The average molecular weight is 856 g/mol. The van der Waals surface area contributed by atoms with Crippen molar-refractivity contribution in [2.45, 2.75) is 89.8 Å². The van der Waals surface area contributed by atoms with Crippen molar-refractivity contribution >= 4 is 33.1 Å². The predicted molar refractivity (Wildman–Crippen MR) is 227 cm³/mol. The molecular formula is C49H52F3NO7S. The largest absolute Gasteiger partial charge is 0.573 e. The number of amides is 1. The van der Waals surface area contributed by atoms with E-state index < -0.39 is 34.3 Å². The molecule has 2 spiro atoms. The van der Waals surface area contributed by atoms with E-state index in [1.54, 1.807) is 23.1 Å². The highest BCUT2D eigenvalue weighted by Crippen LogP contribution is 2.78. The monoisotopic (exact) mass is 855 g/mol. The summed E-state index contributed by atoms with van der Waals surface area (Å²) < 4.78 is 55.2. The number of carbonyl (C=O) groups is 2. The molecule has 3 saturated carbocycles. The topological polar surface area (TPSA) is 106 Å². The molecule has 1 heterocycles. The van der Waals surface area contributed by atoms with Crippen LogP contribution in [-0.2, 0) is 17.8 Å². The summed E-state index contributed by atoms with van der Waals surface area (Å²) in [6.07, 6.45) is 5.96. The van der Waals surface area contributed by atoms with Gasteiger partial charge in [0.15, 0.2) is 17.3 Å². The van der Waals surface area contributed by atoms with Crippen LogP contribution < -0.4 is 14.2 Å². The maximum Gasteiger partial charge on any atom is 0.573 e. The maximum atomic E-state index is 15.2. The molecular weight excluding hydrogens is 804 g/mol. The number of thiophene rings is 1. The number of carbonyl (C=O) groups excluding carboxylic acids is 2. The van der Waals surface area contributed by atoms with Crippen molar-refractivity contribution in [2.75, 3.05) is 20.8 Å². The lowest BCUT2D eigenvalue weighted by Crippen LogP contribution is -2.67. The first-order valence-corrected chi connectivity index (χ1v) is 22.0. The first-order chi connectivity index (χ1) is 29.0. The number of aliphatic hydroxyl groups is 2. The van der Waals surface area contributed by atoms with Crippen LogP contribution in [0.5, 0.6) is 17.2 Å². The molecule has 2 N–H and O–H groups in total. The summed E-state index contributed by atoms with van der Waals surface area (Å²) in [7, 11) is 3.05. The number of ketones is 1. The third-order valence-electron chi connectivity index (χ3n) is 15.7. The van der Waals surface area contributed by atoms with Crippen molar-refractivity contribution in [3.63, 3.8) is 0 Å². The van der Waals surface area contributed by atoms with Crippen molar-refractivity contribution in [1.82, 2.24) is 4.90 Å². The highest BCUT2D eigenvalue weighted by molar-refractivity contribution is 7.21. The average Bonchev–Trinajstić information content (AvgIpc) is 3.78. The SMILES string of the molecule is COc1ccc(CC(=O)N(Cc2ccc(OC(F)(F)F)cc2)CC2(O)CCC3C45C=CC6(C=C4C(=O)c4cc7ccccc7s4)CC(O)CCC6(C)C5CCC32C)cc1OC. The zero-order valence-electron chi connectivity index (χ0n) is 34.9. The Morgan fingerprint density at radius 2 is 1.54 bits per heavy atom. The number of fused-ring (bicyclic) bond motifs is 2. The summed E-state index contributed by atoms with van der Waals surface area (Å²) in [5.41, 5.74) is -1.48. The second-order valence-electron chi connectivity index (χ2n) is 18.6. The molecule has 8 atom stereocenters. The molecule has 0 aliphatic heterocycles. The van der Waals surface area contributed by atoms with Gasteiger partial charge in [-0.2, -0.15) is 0 Å². The number of benzene rings is 3. The van der Waals surface area contributed by atoms with Crippen molar-refractivity contribution in [2.24, 2.45) is 33.5 Å². The standard InChI is InChI=1S/C49H52F3NO7S/c1-44-18-15-33(54)26-46(44)21-22-48(35(27-46)43(56)39-25-32-7-5-6-8-38(32)61-39)40(44)16-19-45(2)41(48)17-20-47(45,57)29-53(28-30-9-12-34(13-10-30)60-49(50,51)52)42(55)24-31-11-14-36(58-3)37(23-31)59-4/h5-14,21-23,25,27,33,40-41,54,57H,15-20,24,26,28-29H2,1-4H3. The summed E-state index contributed by atoms with van der Waals surface area (Å²) in [6, 6.07) is 20.7. The number of hydrogen-bond donors (Lipinski definition) is 2. The minimum Gasteiger partial charge on any atom is -0.493 e. The summed E-state index contributed by atoms with van der Waals surface area (Å²) in [5, 5.41) is 25.4. The molecule has 2 bridgehead atoms. The molecule has 322 valence electrons. The Bertz CT molecular complexity index is 2410. The van der Waals surface area contributed by atoms with E-state index in [2.05, 4.69) is 36.8 Å². The normalized spacial score (nSPS) is 32.4. The van der Waals surface area contributed by atoms with E-state index >= 15 is 4.79 Å². The van der Waals surface area contributed by atoms with Crippen LogP contribution in [0.2, 0.25) is 0 Å². The maximum absolute atomic E-state index is 15.2. The third-order valence-corrected chi connectivity index (χ3v) is 16.9. The molecule has 6 aliphatic carbocycles. The van der Waals surface area contributed by atoms with Gasteiger partial charge in [0.2, 0.25) is 5.91 Å². The van der Waals surface area contributed by atoms with Crippen LogP contribution in [0.15, 0.2) is 96.6 Å². The van der Waals surface area contributed by atoms with E-state index in [1.807, 2.05) is 30.3 Å². The summed E-state index contributed by atoms with van der Waals surface area (Å²) >= 11 is 1.50. The molecule has 4 aromatic rings. The lowest BCUT2D eigenvalue weighted by atomic mass is 9.32. The third kappa shape index (κ3) is 6.61. The van der Waals surface area contributed by atoms with Gasteiger partial charge in [-0.3, -0.25) is 9.59 Å². The van der Waals surface area contributed by atoms with E-state index in [9.17, 15) is 28.2 Å². The molecule has 61 heavy (non-hydrogen) atoms. The number of halogens is 3. The number of rotatable bonds is 11. The summed E-state index contributed by atoms with van der Waals surface area (Å²) in [4.78, 5) is 32.0. The Morgan fingerprint density at radius 1 is 0.852 bits per heavy atom. The Hall–Kier alpha value is -4.65. The van der Waals surface area contributed by atoms with Crippen LogP contribution in [0.4, 0.5) is 13.2 Å². The van der Waals surface area contributed by atoms with Crippen LogP contribution in [0.1, 0.15) is 79.6 Å². The Labute approximate surface area is 358 Å². The van der Waals surface area contributed by atoms with Crippen LogP contribution in [0.25, 0.3) is 10.1 Å². The van der Waals surface area contributed by atoms with E-state index in [0.29, 0.717) is 59.6 Å². The second-order valence-corrected chi connectivity index (χ2v) is 19.7. The van der Waals surface area contributed by atoms with Crippen molar-refractivity contribution in [3.8, 4) is 17.2 Å². The molecule has 12 heteroatoms. The van der Waals surface area contributed by atoms with Gasteiger partial charge >= 0.3 is 6.36 Å². The number of allylic oxidation sites excluding steroid dienone is 4. The molecule has 8 nitrogen and oxygen atoms in total. The van der Waals surface area contributed by atoms with Crippen LogP contribution in [0.3, 0.4) is 0 Å². The van der Waals surface area contributed by atoms with Gasteiger partial charge in [-0.25, -0.2) is 0 Å². The first-order valence-electron chi connectivity index (χ1n) is 21.2. The molecule has 1 aromatic heterocycles. The number of methoxy groups -OCH3 is 2. The number of alkyl halides is 3. The predicted octanol–water partition coefficient (Wildman–Crippen LogP) is 9.86. The quantitative estimate of drug-likeness (QED) is 0.114. The molecule has 0 saturated heterocycles. The fourth-order valence-electron chi connectivity index (χ4n) is 12.7. The van der Waals surface area contributed by atoms with E-state index in [0.717, 1.165) is 28.5 Å². The Balaban J connectivity index is 1.09. The number of nitrogens with zero attached hydrogens (tertiary/aromatic N) is 1. The molecule has 10 rings (SSSR count). The molecule has 6 aliphatic rings. The number of ether oxygens (including phenoxy) is 3. The van der Waals surface area contributed by atoms with E-state index in [-0.39, 0.29) is 54.2 Å². The molecule has 3 aromatic carbocycles. The highest BCUT2D eigenvalue weighted by atomic mass is 32.1. The summed E-state index contributed by atoms with van der Waals surface area (Å²) in [6.45, 7) is 4.50. The van der Waals surface area contributed by atoms with Gasteiger partial charge in [-0.15, -0.1) is 24.5 Å². The smallest absolute Gasteiger partial charge is 0.493 e. The van der Waals surface area contributed by atoms with Crippen molar-refractivity contribution in [3.05, 3.63) is 113 Å². The van der Waals surface area contributed by atoms with Gasteiger partial charge in [0, 0.05) is 33.1 Å². The van der Waals surface area contributed by atoms with Gasteiger partial charge in [-0.05, 0) is 115 Å². The molecule has 1 amide bonds. The van der Waals surface area contributed by atoms with Gasteiger partial charge < -0.3 is 29.3 Å². The number of hydrogen-bond acceptors (Lipinski definition) is 8. The van der Waals surface area contributed by atoms with Crippen LogP contribution in [-0.4, -0.2) is 65.6 Å². The van der Waals surface area contributed by atoms with Crippen molar-refractivity contribution in [1.29, 1.82) is 0 Å². The minimum absolute atomic E-state index is 0.00130. The highest BCUT2D eigenvalue weighted by Gasteiger charge is 2.74. The van der Waals surface area contributed by atoms with Crippen molar-refractivity contribution < 1.29 is 47.2 Å². The lowest BCUT2D eigenvalue weighted by molar-refractivity contribution is -0.274. The zero-order chi connectivity index (χ0) is 43.2. The van der Waals surface area contributed by atoms with E-state index in [1.165, 1.54) is 49.8 Å². The Morgan fingerprint density at radius 3 is 2.26 bits per heavy atom. The minimum atomic E-state index is -4.85. The number of aliphatic hydroxyl groups excluding tert-OH is 1. The summed E-state index contributed by atoms with van der Waals surface area (Å²) in [5.74, 6) is 0.287. The van der Waals surface area contributed by atoms with Gasteiger partial charge in [-0.1, -0.05) is 68.5 Å². The lowest BCUT2D eigenvalue weighted by Gasteiger charge is -2.71. The first kappa shape index (κ1) is 41.7. The van der Waals surface area contributed by atoms with Gasteiger partial charge in [0.05, 0.1) is 43.8 Å². The van der Waals surface area contributed by atoms with Crippen LogP contribution in [0, 0.1) is 33.5 Å². The second kappa shape index (κ2) is 14.7. The fourth-order valence-corrected chi connectivity index (χ4v) is 13.7. The molecule has 0 radical (unpaired) electrons. The Kier molecular flexibility index (Phi) is 10.1. The molecule has 3 fully saturated rings. The van der Waals surface area contributed by atoms with Gasteiger partial charge in [0.25, 0.3) is 0 Å². The zero-order valence-corrected chi connectivity index (χ0v) is 35.7. The fraction of sp³-hybridized carbons (Fsp3) is 0.469.